The predicted molar refractivity (Wildman–Crippen MR) is 93.3 cm³/mol. The van der Waals surface area contributed by atoms with Gasteiger partial charge in [0.05, 0.1) is 12.7 Å². The topological polar surface area (TPSA) is 93.8 Å². The Kier molecular flexibility index (Phi) is 5.21. The summed E-state index contributed by atoms with van der Waals surface area (Å²) in [7, 11) is -3.44. The molecule has 0 aromatic carbocycles. The summed E-state index contributed by atoms with van der Waals surface area (Å²) in [6, 6.07) is 3.55. The standard InChI is InChI=1S/C17H23N3O4S/c1-3-4-7-24-10-13-8-12(9-16(13)21)14-5-6-15-17(25(2,22)23)18-11-19-20(14)15/h5-6,8,11-12,16,21H,3-4,7,9-10H2,1-2H3/t12-,16-/m1/s1. The lowest BCUT2D eigenvalue weighted by molar-refractivity contribution is 0.126. The van der Waals surface area contributed by atoms with E-state index in [0.29, 0.717) is 25.2 Å². The van der Waals surface area contributed by atoms with Crippen molar-refractivity contribution in [2.24, 2.45) is 0 Å². The summed E-state index contributed by atoms with van der Waals surface area (Å²) in [5, 5.41) is 14.5. The largest absolute Gasteiger partial charge is 0.389 e. The first kappa shape index (κ1) is 18.0. The van der Waals surface area contributed by atoms with Crippen LogP contribution < -0.4 is 0 Å². The van der Waals surface area contributed by atoms with Crippen LogP contribution in [0.25, 0.3) is 5.52 Å². The Balaban J connectivity index is 1.86. The van der Waals surface area contributed by atoms with Crippen molar-refractivity contribution in [3.8, 4) is 0 Å². The minimum Gasteiger partial charge on any atom is -0.389 e. The van der Waals surface area contributed by atoms with Crippen LogP contribution in [0.4, 0.5) is 0 Å². The van der Waals surface area contributed by atoms with E-state index in [9.17, 15) is 13.5 Å². The Morgan fingerprint density at radius 1 is 1.40 bits per heavy atom. The third-order valence-corrected chi connectivity index (χ3v) is 5.43. The van der Waals surface area contributed by atoms with Crippen molar-refractivity contribution < 1.29 is 18.3 Å². The van der Waals surface area contributed by atoms with Gasteiger partial charge in [0.1, 0.15) is 11.8 Å². The number of rotatable bonds is 7. The van der Waals surface area contributed by atoms with Crippen molar-refractivity contribution in [3.63, 3.8) is 0 Å². The lowest BCUT2D eigenvalue weighted by Crippen LogP contribution is -2.12. The van der Waals surface area contributed by atoms with E-state index < -0.39 is 15.9 Å². The molecule has 0 aliphatic heterocycles. The Morgan fingerprint density at radius 3 is 2.92 bits per heavy atom. The Bertz CT molecular complexity index is 888. The lowest BCUT2D eigenvalue weighted by Gasteiger charge is -2.10. The number of sulfone groups is 1. The molecule has 0 bridgehead atoms. The summed E-state index contributed by atoms with van der Waals surface area (Å²) in [5.74, 6) is -0.0374. The maximum absolute atomic E-state index is 11.9. The quantitative estimate of drug-likeness (QED) is 0.593. The van der Waals surface area contributed by atoms with Gasteiger partial charge < -0.3 is 9.84 Å². The van der Waals surface area contributed by atoms with Gasteiger partial charge in [0, 0.05) is 24.5 Å². The van der Waals surface area contributed by atoms with Gasteiger partial charge in [-0.1, -0.05) is 19.4 Å². The number of aromatic nitrogens is 3. The van der Waals surface area contributed by atoms with E-state index in [1.165, 1.54) is 6.33 Å². The van der Waals surface area contributed by atoms with Crippen LogP contribution in [0.5, 0.6) is 0 Å². The minimum absolute atomic E-state index is 0.0133. The fourth-order valence-corrected chi connectivity index (χ4v) is 3.89. The summed E-state index contributed by atoms with van der Waals surface area (Å²) in [6.07, 6.45) is 6.44. The van der Waals surface area contributed by atoms with Gasteiger partial charge >= 0.3 is 0 Å². The van der Waals surface area contributed by atoms with E-state index in [1.54, 1.807) is 10.6 Å². The number of aliphatic hydroxyl groups excluding tert-OH is 1. The number of hydrogen-bond acceptors (Lipinski definition) is 6. The summed E-state index contributed by atoms with van der Waals surface area (Å²) in [4.78, 5) is 3.90. The monoisotopic (exact) mass is 365 g/mol. The maximum atomic E-state index is 11.9. The number of nitrogens with zero attached hydrogens (tertiary/aromatic N) is 3. The minimum atomic E-state index is -3.44. The predicted octanol–water partition coefficient (Wildman–Crippen LogP) is 1.72. The maximum Gasteiger partial charge on any atom is 0.195 e. The third-order valence-electron chi connectivity index (χ3n) is 4.41. The SMILES string of the molecule is CCCCOCC1=C[C@@H](c2ccc3c(S(C)(=O)=O)ncnn23)C[C@H]1O. The first-order chi connectivity index (χ1) is 11.9. The molecule has 25 heavy (non-hydrogen) atoms. The van der Waals surface area contributed by atoms with Crippen LogP contribution in [0.15, 0.2) is 35.1 Å². The fraction of sp³-hybridized carbons (Fsp3) is 0.529. The summed E-state index contributed by atoms with van der Waals surface area (Å²) in [5.41, 5.74) is 2.16. The molecule has 1 aliphatic rings. The van der Waals surface area contributed by atoms with E-state index in [4.69, 9.17) is 4.74 Å². The number of aliphatic hydroxyl groups is 1. The molecule has 0 saturated heterocycles. The highest BCUT2D eigenvalue weighted by atomic mass is 32.2. The first-order valence-corrected chi connectivity index (χ1v) is 10.3. The van der Waals surface area contributed by atoms with Crippen LogP contribution in [-0.2, 0) is 14.6 Å². The normalized spacial score (nSPS) is 21.0. The van der Waals surface area contributed by atoms with E-state index in [1.807, 2.05) is 12.1 Å². The van der Waals surface area contributed by atoms with E-state index in [-0.39, 0.29) is 10.9 Å². The van der Waals surface area contributed by atoms with E-state index in [0.717, 1.165) is 30.4 Å². The Morgan fingerprint density at radius 2 is 2.20 bits per heavy atom. The van der Waals surface area contributed by atoms with E-state index >= 15 is 0 Å². The van der Waals surface area contributed by atoms with Gasteiger partial charge in [-0.25, -0.2) is 17.9 Å². The summed E-state index contributed by atoms with van der Waals surface area (Å²) in [6.45, 7) is 3.21. The second kappa shape index (κ2) is 7.23. The highest BCUT2D eigenvalue weighted by Crippen LogP contribution is 2.34. The van der Waals surface area contributed by atoms with Gasteiger partial charge in [-0.2, -0.15) is 5.10 Å². The number of ether oxygens (including phenoxy) is 1. The van der Waals surface area contributed by atoms with Crippen molar-refractivity contribution >= 4 is 15.4 Å². The highest BCUT2D eigenvalue weighted by molar-refractivity contribution is 7.90. The summed E-state index contributed by atoms with van der Waals surface area (Å²) < 4.78 is 31.0. The molecule has 0 amide bonds. The molecule has 2 aromatic rings. The molecule has 2 aromatic heterocycles. The molecular formula is C17H23N3O4S. The van der Waals surface area contributed by atoms with Crippen molar-refractivity contribution in [1.29, 1.82) is 0 Å². The molecule has 1 aliphatic carbocycles. The van der Waals surface area contributed by atoms with Crippen molar-refractivity contribution in [2.75, 3.05) is 19.5 Å². The molecule has 0 fully saturated rings. The molecule has 3 rings (SSSR count). The zero-order chi connectivity index (χ0) is 18.0. The number of unbranched alkanes of at least 4 members (excludes halogenated alkanes) is 1. The van der Waals surface area contributed by atoms with Crippen molar-refractivity contribution in [3.05, 3.63) is 35.8 Å². The molecule has 0 unspecified atom stereocenters. The second-order valence-electron chi connectivity index (χ2n) is 6.40. The van der Waals surface area contributed by atoms with Crippen molar-refractivity contribution in [2.45, 2.75) is 43.2 Å². The van der Waals surface area contributed by atoms with Gasteiger partial charge in [0.25, 0.3) is 0 Å². The van der Waals surface area contributed by atoms with Crippen molar-refractivity contribution in [1.82, 2.24) is 14.6 Å². The number of fused-ring (bicyclic) bond motifs is 1. The first-order valence-electron chi connectivity index (χ1n) is 8.41. The smallest absolute Gasteiger partial charge is 0.195 e. The Labute approximate surface area is 147 Å². The molecular weight excluding hydrogens is 342 g/mol. The molecule has 8 heteroatoms. The summed E-state index contributed by atoms with van der Waals surface area (Å²) >= 11 is 0. The van der Waals surface area contributed by atoms with Gasteiger partial charge in [0.15, 0.2) is 14.9 Å². The molecule has 0 spiro atoms. The molecule has 0 saturated carbocycles. The lowest BCUT2D eigenvalue weighted by atomic mass is 10.1. The second-order valence-corrected chi connectivity index (χ2v) is 8.33. The number of allylic oxidation sites excluding steroid dienone is 1. The van der Waals surface area contributed by atoms with Crippen LogP contribution in [0.3, 0.4) is 0 Å². The molecule has 7 nitrogen and oxygen atoms in total. The van der Waals surface area contributed by atoms with Gasteiger partial charge in [-0.3, -0.25) is 0 Å². The molecule has 1 N–H and O–H groups in total. The van der Waals surface area contributed by atoms with Crippen LogP contribution >= 0.6 is 0 Å². The van der Waals surface area contributed by atoms with Crippen LogP contribution in [0, 0.1) is 0 Å². The van der Waals surface area contributed by atoms with Crippen LogP contribution in [0.1, 0.15) is 37.8 Å². The van der Waals surface area contributed by atoms with E-state index in [2.05, 4.69) is 17.0 Å². The van der Waals surface area contributed by atoms with Crippen LogP contribution in [-0.4, -0.2) is 53.7 Å². The third kappa shape index (κ3) is 3.75. The van der Waals surface area contributed by atoms with Gasteiger partial charge in [-0.05, 0) is 30.5 Å². The zero-order valence-corrected chi connectivity index (χ0v) is 15.2. The average molecular weight is 365 g/mol. The zero-order valence-electron chi connectivity index (χ0n) is 14.4. The Hall–Kier alpha value is -1.77. The van der Waals surface area contributed by atoms with Gasteiger partial charge in [0.2, 0.25) is 0 Å². The molecule has 2 heterocycles. The molecule has 2 atom stereocenters. The van der Waals surface area contributed by atoms with Crippen LogP contribution in [0.2, 0.25) is 0 Å². The average Bonchev–Trinajstić information content (AvgIpc) is 3.14. The fourth-order valence-electron chi connectivity index (χ4n) is 3.11. The highest BCUT2D eigenvalue weighted by Gasteiger charge is 2.28. The van der Waals surface area contributed by atoms with Gasteiger partial charge in [-0.15, -0.1) is 0 Å². The molecule has 0 radical (unpaired) electrons. The molecule has 136 valence electrons. The number of hydrogen-bond donors (Lipinski definition) is 1.